The zero-order valence-corrected chi connectivity index (χ0v) is 20.9. The van der Waals surface area contributed by atoms with Crippen molar-refractivity contribution in [3.63, 3.8) is 0 Å². The van der Waals surface area contributed by atoms with Gasteiger partial charge in [0.25, 0.3) is 5.91 Å². The fourth-order valence-electron chi connectivity index (χ4n) is 5.60. The number of hydrogen-bond acceptors (Lipinski definition) is 5. The summed E-state index contributed by atoms with van der Waals surface area (Å²) in [4.78, 5) is 44.1. The van der Waals surface area contributed by atoms with E-state index in [9.17, 15) is 14.4 Å². The van der Waals surface area contributed by atoms with Crippen LogP contribution in [0.3, 0.4) is 0 Å². The lowest BCUT2D eigenvalue weighted by Crippen LogP contribution is -2.53. The second-order valence-corrected chi connectivity index (χ2v) is 10.6. The summed E-state index contributed by atoms with van der Waals surface area (Å²) < 4.78 is 5.31. The number of nitrogens with one attached hydrogen (secondary N) is 1. The van der Waals surface area contributed by atoms with Gasteiger partial charge in [-0.2, -0.15) is 0 Å². The normalized spacial score (nSPS) is 25.6. The number of ether oxygens (including phenoxy) is 1. The van der Waals surface area contributed by atoms with Crippen LogP contribution in [0.25, 0.3) is 0 Å². The van der Waals surface area contributed by atoms with Crippen LogP contribution in [-0.4, -0.2) is 73.0 Å². The van der Waals surface area contributed by atoms with Crippen LogP contribution in [0.2, 0.25) is 0 Å². The Balaban J connectivity index is 1.32. The van der Waals surface area contributed by atoms with Crippen molar-refractivity contribution in [2.75, 3.05) is 44.7 Å². The largest absolute Gasteiger partial charge is 0.497 e. The van der Waals surface area contributed by atoms with Crippen LogP contribution in [0.1, 0.15) is 52.9 Å². The first-order valence-corrected chi connectivity index (χ1v) is 12.5. The molecule has 8 nitrogen and oxygen atoms in total. The topological polar surface area (TPSA) is 82.2 Å². The van der Waals surface area contributed by atoms with Crippen molar-refractivity contribution >= 4 is 23.5 Å². The van der Waals surface area contributed by atoms with Gasteiger partial charge in [0.15, 0.2) is 0 Å². The highest BCUT2D eigenvalue weighted by molar-refractivity contribution is 6.09. The second kappa shape index (κ2) is 9.47. The van der Waals surface area contributed by atoms with E-state index >= 15 is 0 Å². The number of imide groups is 1. The molecule has 4 amide bonds. The monoisotopic (exact) mass is 470 g/mol. The smallest absolute Gasteiger partial charge is 0.325 e. The van der Waals surface area contributed by atoms with Gasteiger partial charge in [-0.25, -0.2) is 4.79 Å². The maximum atomic E-state index is 13.3. The maximum Gasteiger partial charge on any atom is 0.325 e. The minimum Gasteiger partial charge on any atom is -0.497 e. The molecule has 0 radical (unpaired) electrons. The lowest BCUT2D eigenvalue weighted by Gasteiger charge is -2.42. The van der Waals surface area contributed by atoms with Gasteiger partial charge < -0.3 is 19.9 Å². The van der Waals surface area contributed by atoms with Crippen molar-refractivity contribution in [2.45, 2.75) is 58.4 Å². The summed E-state index contributed by atoms with van der Waals surface area (Å²) in [5.41, 5.74) is 0.461. The number of carbonyl (C=O) groups is 3. The van der Waals surface area contributed by atoms with Gasteiger partial charge in [-0.15, -0.1) is 0 Å². The summed E-state index contributed by atoms with van der Waals surface area (Å²) in [7, 11) is 1.65. The van der Waals surface area contributed by atoms with E-state index in [-0.39, 0.29) is 23.8 Å². The lowest BCUT2D eigenvalue weighted by molar-refractivity contribution is -0.140. The molecule has 0 bridgehead atoms. The summed E-state index contributed by atoms with van der Waals surface area (Å²) >= 11 is 0. The molecule has 1 aromatic carbocycles. The van der Waals surface area contributed by atoms with E-state index in [4.69, 9.17) is 4.74 Å². The molecule has 8 heteroatoms. The molecule has 0 aromatic heterocycles. The van der Waals surface area contributed by atoms with Gasteiger partial charge in [0, 0.05) is 37.9 Å². The van der Waals surface area contributed by atoms with E-state index in [1.54, 1.807) is 12.0 Å². The van der Waals surface area contributed by atoms with Crippen LogP contribution >= 0.6 is 0 Å². The number of carbonyl (C=O) groups excluding carboxylic acids is 3. The Kier molecular flexibility index (Phi) is 6.78. The number of benzene rings is 1. The molecule has 2 heterocycles. The zero-order valence-electron chi connectivity index (χ0n) is 20.9. The van der Waals surface area contributed by atoms with Crippen molar-refractivity contribution in [1.29, 1.82) is 0 Å². The zero-order chi connectivity index (χ0) is 24.5. The van der Waals surface area contributed by atoms with Crippen molar-refractivity contribution < 1.29 is 19.1 Å². The first kappa shape index (κ1) is 24.4. The molecule has 1 spiro atoms. The van der Waals surface area contributed by atoms with E-state index in [1.807, 2.05) is 24.3 Å². The van der Waals surface area contributed by atoms with Crippen LogP contribution in [0.4, 0.5) is 10.5 Å². The van der Waals surface area contributed by atoms with Gasteiger partial charge in [-0.3, -0.25) is 14.5 Å². The molecule has 3 aliphatic rings. The average molecular weight is 471 g/mol. The van der Waals surface area contributed by atoms with Crippen LogP contribution in [0, 0.1) is 11.3 Å². The third-order valence-corrected chi connectivity index (χ3v) is 8.45. The number of amides is 4. The number of piperazine rings is 1. The van der Waals surface area contributed by atoms with Gasteiger partial charge in [-0.1, -0.05) is 33.3 Å². The van der Waals surface area contributed by atoms with Gasteiger partial charge in [0.1, 0.15) is 17.8 Å². The van der Waals surface area contributed by atoms with Gasteiger partial charge in [0.05, 0.1) is 7.11 Å². The Hall–Kier alpha value is -2.77. The molecule has 2 saturated heterocycles. The molecule has 2 aliphatic heterocycles. The summed E-state index contributed by atoms with van der Waals surface area (Å²) in [6, 6.07) is 7.45. The molecule has 34 heavy (non-hydrogen) atoms. The summed E-state index contributed by atoms with van der Waals surface area (Å²) in [5, 5.41) is 2.95. The molecule has 3 fully saturated rings. The molecule has 186 valence electrons. The number of hydrogen-bond donors (Lipinski definition) is 1. The molecule has 0 atom stereocenters. The van der Waals surface area contributed by atoms with E-state index in [0.29, 0.717) is 44.9 Å². The van der Waals surface area contributed by atoms with Crippen molar-refractivity contribution in [1.82, 2.24) is 15.1 Å². The van der Waals surface area contributed by atoms with Gasteiger partial charge >= 0.3 is 6.03 Å². The Morgan fingerprint density at radius 2 is 1.82 bits per heavy atom. The fraction of sp³-hybridized carbons (Fsp3) is 0.654. The molecule has 1 aromatic rings. The molecule has 1 saturated carbocycles. The number of methoxy groups -OCH3 is 1. The van der Waals surface area contributed by atoms with E-state index in [2.05, 4.69) is 31.0 Å². The van der Waals surface area contributed by atoms with Crippen molar-refractivity contribution in [2.24, 2.45) is 11.3 Å². The molecule has 4 rings (SSSR count). The van der Waals surface area contributed by atoms with Crippen LogP contribution in [-0.2, 0) is 9.59 Å². The second-order valence-electron chi connectivity index (χ2n) is 10.6. The Bertz CT molecular complexity index is 930. The third kappa shape index (κ3) is 4.59. The van der Waals surface area contributed by atoms with E-state index in [0.717, 1.165) is 35.6 Å². The molecule has 1 aliphatic carbocycles. The average Bonchev–Trinajstić information content (AvgIpc) is 3.08. The van der Waals surface area contributed by atoms with Crippen LogP contribution < -0.4 is 15.0 Å². The molecular weight excluding hydrogens is 432 g/mol. The minimum absolute atomic E-state index is 0.174. The lowest BCUT2D eigenvalue weighted by atomic mass is 9.65. The van der Waals surface area contributed by atoms with Crippen molar-refractivity contribution in [3.05, 3.63) is 24.3 Å². The number of nitrogens with zero attached hydrogens (tertiary/aromatic N) is 3. The van der Waals surface area contributed by atoms with Crippen LogP contribution in [0.15, 0.2) is 24.3 Å². The van der Waals surface area contributed by atoms with Gasteiger partial charge in [-0.05, 0) is 49.1 Å². The summed E-state index contributed by atoms with van der Waals surface area (Å²) in [6.07, 6.45) is 4.23. The first-order valence-electron chi connectivity index (χ1n) is 12.5. The number of urea groups is 1. The summed E-state index contributed by atoms with van der Waals surface area (Å²) in [6.45, 7) is 9.08. The highest BCUT2D eigenvalue weighted by Gasteiger charge is 2.54. The highest BCUT2D eigenvalue weighted by atomic mass is 16.5. The fourth-order valence-corrected chi connectivity index (χ4v) is 5.60. The maximum absolute atomic E-state index is 13.3. The Labute approximate surface area is 202 Å². The number of anilines is 1. The van der Waals surface area contributed by atoms with E-state index in [1.165, 1.54) is 0 Å². The quantitative estimate of drug-likeness (QED) is 0.646. The standard InChI is InChI=1S/C26H38N4O4/c1-5-25(2,3)19-9-11-26(12-10-19)23(32)30(24(33)27-26)18-22(31)29-15-13-28(14-16-29)20-7-6-8-21(17-20)34-4/h6-8,17,19H,5,9-16,18H2,1-4H3,(H,27,33). The molecular formula is C26H38N4O4. The van der Waals surface area contributed by atoms with Crippen LogP contribution in [0.5, 0.6) is 5.75 Å². The molecule has 1 N–H and O–H groups in total. The Morgan fingerprint density at radius 1 is 1.15 bits per heavy atom. The summed E-state index contributed by atoms with van der Waals surface area (Å²) in [5.74, 6) is 0.945. The third-order valence-electron chi connectivity index (χ3n) is 8.45. The minimum atomic E-state index is -0.831. The SMILES string of the molecule is CCC(C)(C)C1CCC2(CC1)NC(=O)N(CC(=O)N1CCN(c3cccc(OC)c3)CC1)C2=O. The van der Waals surface area contributed by atoms with E-state index < -0.39 is 11.6 Å². The Morgan fingerprint density at radius 3 is 2.44 bits per heavy atom. The number of rotatable bonds is 6. The molecule has 0 unspecified atom stereocenters. The first-order chi connectivity index (χ1) is 16.2. The highest BCUT2D eigenvalue weighted by Crippen LogP contribution is 2.45. The van der Waals surface area contributed by atoms with Gasteiger partial charge in [0.2, 0.25) is 5.91 Å². The predicted octanol–water partition coefficient (Wildman–Crippen LogP) is 3.26. The van der Waals surface area contributed by atoms with Crippen molar-refractivity contribution in [3.8, 4) is 5.75 Å². The predicted molar refractivity (Wildman–Crippen MR) is 131 cm³/mol.